The zero-order valence-corrected chi connectivity index (χ0v) is 10.7. The minimum Gasteiger partial charge on any atom is -0.460 e. The predicted octanol–water partition coefficient (Wildman–Crippen LogP) is 3.22. The van der Waals surface area contributed by atoms with Crippen LogP contribution >= 0.6 is 0 Å². The molecule has 1 aromatic carbocycles. The van der Waals surface area contributed by atoms with Gasteiger partial charge in [-0.3, -0.25) is 14.9 Å². The van der Waals surface area contributed by atoms with Gasteiger partial charge in [0.15, 0.2) is 0 Å². The highest BCUT2D eigenvalue weighted by Crippen LogP contribution is 2.25. The third-order valence-corrected chi connectivity index (χ3v) is 3.50. The van der Waals surface area contributed by atoms with Gasteiger partial charge in [0.05, 0.1) is 16.4 Å². The van der Waals surface area contributed by atoms with Gasteiger partial charge in [-0.2, -0.15) is 0 Å². The molecule has 19 heavy (non-hydrogen) atoms. The lowest BCUT2D eigenvalue weighted by atomic mass is 9.89. The Morgan fingerprint density at radius 3 is 2.63 bits per heavy atom. The molecule has 2 rings (SSSR count). The molecule has 1 aliphatic carbocycles. The van der Waals surface area contributed by atoms with Crippen molar-refractivity contribution >= 4 is 11.7 Å². The Morgan fingerprint density at radius 1 is 1.26 bits per heavy atom. The van der Waals surface area contributed by atoms with E-state index < -0.39 is 4.92 Å². The monoisotopic (exact) mass is 263 g/mol. The Morgan fingerprint density at radius 2 is 1.95 bits per heavy atom. The van der Waals surface area contributed by atoms with E-state index in [0.29, 0.717) is 5.56 Å². The molecule has 0 aliphatic heterocycles. The second kappa shape index (κ2) is 6.31. The van der Waals surface area contributed by atoms with E-state index in [0.717, 1.165) is 25.7 Å². The minimum absolute atomic E-state index is 0.000978. The molecule has 0 N–H and O–H groups in total. The first-order chi connectivity index (χ1) is 9.18. The van der Waals surface area contributed by atoms with Gasteiger partial charge < -0.3 is 4.74 Å². The lowest BCUT2D eigenvalue weighted by Crippen LogP contribution is -2.20. The number of benzene rings is 1. The average molecular weight is 263 g/mol. The highest BCUT2D eigenvalue weighted by molar-refractivity contribution is 5.72. The SMILES string of the molecule is O=C(OCc1ccccc1[N+](=O)[O-])C1CCCCC1. The minimum atomic E-state index is -0.455. The molecule has 1 saturated carbocycles. The number of carbonyl (C=O) groups is 1. The second-order valence-corrected chi connectivity index (χ2v) is 4.83. The number of nitrogens with zero attached hydrogens (tertiary/aromatic N) is 1. The Bertz CT molecular complexity index is 466. The molecule has 1 aromatic rings. The van der Waals surface area contributed by atoms with Gasteiger partial charge in [0.1, 0.15) is 6.61 Å². The molecule has 0 bridgehead atoms. The van der Waals surface area contributed by atoms with Gasteiger partial charge in [-0.1, -0.05) is 31.4 Å². The van der Waals surface area contributed by atoms with E-state index in [2.05, 4.69) is 0 Å². The summed E-state index contributed by atoms with van der Waals surface area (Å²) >= 11 is 0. The number of hydrogen-bond acceptors (Lipinski definition) is 4. The van der Waals surface area contributed by atoms with Crippen molar-refractivity contribution in [1.29, 1.82) is 0 Å². The maximum Gasteiger partial charge on any atom is 0.309 e. The van der Waals surface area contributed by atoms with Crippen LogP contribution in [0.25, 0.3) is 0 Å². The van der Waals surface area contributed by atoms with Crippen LogP contribution in [0, 0.1) is 16.0 Å². The van der Waals surface area contributed by atoms with Crippen molar-refractivity contribution in [3.8, 4) is 0 Å². The maximum atomic E-state index is 11.9. The summed E-state index contributed by atoms with van der Waals surface area (Å²) in [6, 6.07) is 6.34. The van der Waals surface area contributed by atoms with Crippen molar-refractivity contribution in [3.63, 3.8) is 0 Å². The van der Waals surface area contributed by atoms with Gasteiger partial charge in [-0.05, 0) is 18.9 Å². The molecule has 0 heterocycles. The molecule has 1 fully saturated rings. The molecule has 0 spiro atoms. The average Bonchev–Trinajstić information content (AvgIpc) is 2.46. The van der Waals surface area contributed by atoms with Crippen LogP contribution in [0.3, 0.4) is 0 Å². The molecule has 102 valence electrons. The summed E-state index contributed by atoms with van der Waals surface area (Å²) in [5.74, 6) is -0.255. The van der Waals surface area contributed by atoms with E-state index in [4.69, 9.17) is 4.74 Å². The van der Waals surface area contributed by atoms with Crippen molar-refractivity contribution in [1.82, 2.24) is 0 Å². The molecule has 1 aliphatic rings. The number of rotatable bonds is 4. The molecule has 5 nitrogen and oxygen atoms in total. The number of carbonyl (C=O) groups excluding carboxylic acids is 1. The van der Waals surface area contributed by atoms with Gasteiger partial charge in [-0.25, -0.2) is 0 Å². The van der Waals surface area contributed by atoms with E-state index in [-0.39, 0.29) is 24.2 Å². The molecule has 0 aromatic heterocycles. The van der Waals surface area contributed by atoms with E-state index >= 15 is 0 Å². The largest absolute Gasteiger partial charge is 0.460 e. The van der Waals surface area contributed by atoms with Crippen molar-refractivity contribution < 1.29 is 14.5 Å². The number of ether oxygens (including phenoxy) is 1. The lowest BCUT2D eigenvalue weighted by molar-refractivity contribution is -0.385. The third kappa shape index (κ3) is 3.53. The van der Waals surface area contributed by atoms with Crippen molar-refractivity contribution in [3.05, 3.63) is 39.9 Å². The highest BCUT2D eigenvalue weighted by Gasteiger charge is 2.23. The van der Waals surface area contributed by atoms with Crippen molar-refractivity contribution in [2.24, 2.45) is 5.92 Å². The van der Waals surface area contributed by atoms with E-state index in [1.54, 1.807) is 18.2 Å². The van der Waals surface area contributed by atoms with Crippen LogP contribution in [0.1, 0.15) is 37.7 Å². The summed E-state index contributed by atoms with van der Waals surface area (Å²) in [5.41, 5.74) is 0.440. The fourth-order valence-corrected chi connectivity index (χ4v) is 2.42. The van der Waals surface area contributed by atoms with Gasteiger partial charge in [0, 0.05) is 6.07 Å². The Labute approximate surface area is 111 Å². The summed E-state index contributed by atoms with van der Waals surface area (Å²) in [6.45, 7) is -0.0213. The molecule has 0 amide bonds. The zero-order valence-electron chi connectivity index (χ0n) is 10.7. The number of nitro groups is 1. The molecular formula is C14H17NO4. The van der Waals surface area contributed by atoms with Gasteiger partial charge in [0.2, 0.25) is 0 Å². The van der Waals surface area contributed by atoms with Crippen molar-refractivity contribution in [2.75, 3.05) is 0 Å². The molecule has 0 atom stereocenters. The maximum absolute atomic E-state index is 11.9. The third-order valence-electron chi connectivity index (χ3n) is 3.50. The molecule has 0 radical (unpaired) electrons. The lowest BCUT2D eigenvalue weighted by Gasteiger charge is -2.19. The normalized spacial score (nSPS) is 16.0. The number of esters is 1. The summed E-state index contributed by atoms with van der Waals surface area (Å²) < 4.78 is 5.22. The van der Waals surface area contributed by atoms with Gasteiger partial charge >= 0.3 is 5.97 Å². The van der Waals surface area contributed by atoms with Crippen LogP contribution in [-0.2, 0) is 16.1 Å². The fraction of sp³-hybridized carbons (Fsp3) is 0.500. The number of hydrogen-bond donors (Lipinski definition) is 0. The van der Waals surface area contributed by atoms with Gasteiger partial charge in [0.25, 0.3) is 5.69 Å². The fourth-order valence-electron chi connectivity index (χ4n) is 2.42. The first-order valence-corrected chi connectivity index (χ1v) is 6.57. The van der Waals surface area contributed by atoms with Crippen LogP contribution in [0.5, 0.6) is 0 Å². The quantitative estimate of drug-likeness (QED) is 0.475. The van der Waals surface area contributed by atoms with Crippen LogP contribution in [0.15, 0.2) is 24.3 Å². The smallest absolute Gasteiger partial charge is 0.309 e. The van der Waals surface area contributed by atoms with Gasteiger partial charge in [-0.15, -0.1) is 0 Å². The molecule has 0 saturated heterocycles. The molecule has 0 unspecified atom stereocenters. The van der Waals surface area contributed by atoms with Crippen molar-refractivity contribution in [2.45, 2.75) is 38.7 Å². The molecular weight excluding hydrogens is 246 g/mol. The van der Waals surface area contributed by atoms with E-state index in [1.165, 1.54) is 12.5 Å². The van der Waals surface area contributed by atoms with Crippen LogP contribution < -0.4 is 0 Å². The van der Waals surface area contributed by atoms with Crippen LogP contribution in [-0.4, -0.2) is 10.9 Å². The zero-order chi connectivity index (χ0) is 13.7. The highest BCUT2D eigenvalue weighted by atomic mass is 16.6. The Kier molecular flexibility index (Phi) is 4.49. The summed E-state index contributed by atoms with van der Waals surface area (Å²) in [6.07, 6.45) is 5.04. The topological polar surface area (TPSA) is 69.4 Å². The van der Waals surface area contributed by atoms with E-state index in [1.807, 2.05) is 0 Å². The number of para-hydroxylation sites is 1. The predicted molar refractivity (Wildman–Crippen MR) is 69.5 cm³/mol. The summed E-state index contributed by atoms with van der Waals surface area (Å²) in [4.78, 5) is 22.2. The van der Waals surface area contributed by atoms with E-state index in [9.17, 15) is 14.9 Å². The summed E-state index contributed by atoms with van der Waals surface area (Å²) in [5, 5.41) is 10.8. The second-order valence-electron chi connectivity index (χ2n) is 4.83. The Hall–Kier alpha value is -1.91. The standard InChI is InChI=1S/C14H17NO4/c16-14(11-6-2-1-3-7-11)19-10-12-8-4-5-9-13(12)15(17)18/h4-5,8-9,11H,1-3,6-7,10H2. The number of nitro benzene ring substituents is 1. The van der Waals surface area contributed by atoms with Crippen LogP contribution in [0.4, 0.5) is 5.69 Å². The summed E-state index contributed by atoms with van der Waals surface area (Å²) in [7, 11) is 0. The molecule has 5 heteroatoms. The Balaban J connectivity index is 1.94. The first-order valence-electron chi connectivity index (χ1n) is 6.57. The van der Waals surface area contributed by atoms with Crippen LogP contribution in [0.2, 0.25) is 0 Å². The first kappa shape index (κ1) is 13.5.